The lowest BCUT2D eigenvalue weighted by Crippen LogP contribution is -1.71. The van der Waals surface area contributed by atoms with Crippen molar-refractivity contribution in [2.75, 3.05) is 0 Å². The van der Waals surface area contributed by atoms with Crippen molar-refractivity contribution >= 4 is 29.2 Å². The van der Waals surface area contributed by atoms with Gasteiger partial charge in [-0.3, -0.25) is 0 Å². The summed E-state index contributed by atoms with van der Waals surface area (Å²) in [5.41, 5.74) is 5.47. The molecule has 0 saturated heterocycles. The van der Waals surface area contributed by atoms with E-state index in [0.29, 0.717) is 0 Å². The van der Waals surface area contributed by atoms with Gasteiger partial charge in [0.15, 0.2) is 23.2 Å². The number of rotatable bonds is 2. The molecule has 0 heterocycles. The molecule has 4 heteroatoms. The maximum atomic E-state index is 5.47. The van der Waals surface area contributed by atoms with E-state index in [1.54, 1.807) is 11.4 Å². The Bertz CT molecular complexity index is 224. The Hall–Kier alpha value is 0.0500. The zero-order chi connectivity index (χ0) is 7.40. The van der Waals surface area contributed by atoms with Crippen molar-refractivity contribution in [2.45, 2.75) is 4.90 Å². The molecule has 52 valence electrons. The van der Waals surface area contributed by atoms with E-state index in [1.165, 1.54) is 0 Å². The Balaban J connectivity index is 2.67. The van der Waals surface area contributed by atoms with Gasteiger partial charge in [-0.25, -0.2) is 0 Å². The molecule has 1 unspecified atom stereocenters. The molecular formula is C6H7NPS2+. The predicted octanol–water partition coefficient (Wildman–Crippen LogP) is 2.51. The van der Waals surface area contributed by atoms with Crippen molar-refractivity contribution in [2.24, 2.45) is 5.50 Å². The molecule has 0 aliphatic carbocycles. The minimum atomic E-state index is -0.777. The zero-order valence-electron chi connectivity index (χ0n) is 5.23. The quantitative estimate of drug-likeness (QED) is 0.722. The van der Waals surface area contributed by atoms with Gasteiger partial charge in [0.1, 0.15) is 0 Å². The van der Waals surface area contributed by atoms with Gasteiger partial charge in [-0.1, -0.05) is 18.2 Å². The number of hydrogen-bond acceptors (Lipinski definition) is 2. The van der Waals surface area contributed by atoms with Crippen LogP contribution in [-0.4, -0.2) is 0 Å². The first kappa shape index (κ1) is 8.15. The molecule has 0 spiro atoms. The molecule has 1 nitrogen and oxygen atoms in total. The van der Waals surface area contributed by atoms with Crippen LogP contribution in [0.25, 0.3) is 0 Å². The third kappa shape index (κ3) is 2.76. The van der Waals surface area contributed by atoms with Gasteiger partial charge < -0.3 is 0 Å². The van der Waals surface area contributed by atoms with Crippen molar-refractivity contribution < 1.29 is 0 Å². The zero-order valence-corrected chi connectivity index (χ0v) is 7.76. The molecular weight excluding hydrogens is 181 g/mol. The maximum Gasteiger partial charge on any atom is 0.340 e. The summed E-state index contributed by atoms with van der Waals surface area (Å²) in [4.78, 5) is 1.16. The molecule has 1 rings (SSSR count). The van der Waals surface area contributed by atoms with Gasteiger partial charge in [0.25, 0.3) is 0 Å². The Labute approximate surface area is 70.2 Å². The summed E-state index contributed by atoms with van der Waals surface area (Å²) < 4.78 is 0. The van der Waals surface area contributed by atoms with Gasteiger partial charge in [-0.05, 0) is 12.1 Å². The molecule has 0 aromatic heterocycles. The lowest BCUT2D eigenvalue weighted by atomic mass is 10.4. The maximum absolute atomic E-state index is 5.47. The normalized spacial score (nSPS) is 11.1. The second-order valence-corrected chi connectivity index (χ2v) is 6.52. The Morgan fingerprint density at radius 3 is 2.40 bits per heavy atom. The van der Waals surface area contributed by atoms with E-state index < -0.39 is 6.05 Å². The van der Waals surface area contributed by atoms with Crippen LogP contribution in [0.15, 0.2) is 35.2 Å². The van der Waals surface area contributed by atoms with Gasteiger partial charge in [-0.2, -0.15) is 0 Å². The van der Waals surface area contributed by atoms with Crippen molar-refractivity contribution in [1.82, 2.24) is 0 Å². The monoisotopic (exact) mass is 188 g/mol. The van der Waals surface area contributed by atoms with Gasteiger partial charge in [0.2, 0.25) is 0 Å². The number of benzene rings is 1. The topological polar surface area (TPSA) is 26.0 Å². The number of nitrogens with two attached hydrogens (primary N) is 1. The van der Waals surface area contributed by atoms with E-state index in [0.717, 1.165) is 4.90 Å². The summed E-state index contributed by atoms with van der Waals surface area (Å²) >= 11 is 6.42. The Morgan fingerprint density at radius 2 is 1.90 bits per heavy atom. The fourth-order valence-electron chi connectivity index (χ4n) is 0.585. The largest absolute Gasteiger partial charge is 0.340 e. The van der Waals surface area contributed by atoms with E-state index >= 15 is 0 Å². The minimum absolute atomic E-state index is 0.777. The first-order chi connectivity index (χ1) is 4.79. The van der Waals surface area contributed by atoms with Crippen LogP contribution in [0.5, 0.6) is 0 Å². The summed E-state index contributed by atoms with van der Waals surface area (Å²) in [7, 11) is 0. The van der Waals surface area contributed by atoms with E-state index in [2.05, 4.69) is 0 Å². The van der Waals surface area contributed by atoms with Crippen LogP contribution in [0.3, 0.4) is 0 Å². The fraction of sp³-hybridized carbons (Fsp3) is 0. The van der Waals surface area contributed by atoms with Crippen molar-refractivity contribution in [3.8, 4) is 0 Å². The van der Waals surface area contributed by atoms with E-state index in [4.69, 9.17) is 17.3 Å². The molecule has 0 radical (unpaired) electrons. The van der Waals surface area contributed by atoms with Gasteiger partial charge >= 0.3 is 6.05 Å². The fourth-order valence-corrected chi connectivity index (χ4v) is 2.83. The van der Waals surface area contributed by atoms with Crippen molar-refractivity contribution in [3.63, 3.8) is 0 Å². The first-order valence-corrected chi connectivity index (χ1v) is 6.58. The third-order valence-corrected chi connectivity index (χ3v) is 3.44. The average Bonchev–Trinajstić information content (AvgIpc) is 1.88. The molecule has 1 aromatic carbocycles. The van der Waals surface area contributed by atoms with Crippen LogP contribution in [0.1, 0.15) is 0 Å². The van der Waals surface area contributed by atoms with Crippen LogP contribution >= 0.6 is 17.4 Å². The van der Waals surface area contributed by atoms with Crippen molar-refractivity contribution in [3.05, 3.63) is 30.3 Å². The molecule has 0 fully saturated rings. The standard InChI is InChI=1S/C6H7NPS2/c7-8(9)10-6-4-2-1-3-5-6/h1-5H,(H2,7,9)/q+1. The summed E-state index contributed by atoms with van der Waals surface area (Å²) in [6, 6.07) is 9.19. The minimum Gasteiger partial charge on any atom is -0.135 e. The highest BCUT2D eigenvalue weighted by Crippen LogP contribution is 2.36. The lowest BCUT2D eigenvalue weighted by molar-refractivity contribution is 1.48. The predicted molar refractivity (Wildman–Crippen MR) is 50.8 cm³/mol. The summed E-state index contributed by atoms with van der Waals surface area (Å²) in [6.45, 7) is 0. The highest BCUT2D eigenvalue weighted by atomic mass is 32.9. The van der Waals surface area contributed by atoms with E-state index in [1.807, 2.05) is 30.3 Å². The summed E-state index contributed by atoms with van der Waals surface area (Å²) in [6.07, 6.45) is 0. The molecule has 0 aliphatic rings. The highest BCUT2D eigenvalue weighted by molar-refractivity contribution is 8.63. The van der Waals surface area contributed by atoms with Gasteiger partial charge in [0, 0.05) is 0 Å². The molecule has 1 atom stereocenters. The molecule has 10 heavy (non-hydrogen) atoms. The van der Waals surface area contributed by atoms with Crippen molar-refractivity contribution in [1.29, 1.82) is 0 Å². The Kier molecular flexibility index (Phi) is 3.29. The van der Waals surface area contributed by atoms with E-state index in [-0.39, 0.29) is 0 Å². The smallest absolute Gasteiger partial charge is 0.135 e. The van der Waals surface area contributed by atoms with Crippen LogP contribution in [0.2, 0.25) is 0 Å². The highest BCUT2D eigenvalue weighted by Gasteiger charge is 2.05. The number of hydrogen-bond donors (Lipinski definition) is 1. The van der Waals surface area contributed by atoms with Crippen LogP contribution in [0.4, 0.5) is 0 Å². The molecule has 0 bridgehead atoms. The third-order valence-electron chi connectivity index (χ3n) is 0.939. The van der Waals surface area contributed by atoms with E-state index in [9.17, 15) is 0 Å². The molecule has 2 N–H and O–H groups in total. The average molecular weight is 188 g/mol. The van der Waals surface area contributed by atoms with Gasteiger partial charge in [-0.15, -0.1) is 5.50 Å². The first-order valence-electron chi connectivity index (χ1n) is 2.74. The molecule has 0 aliphatic heterocycles. The second-order valence-electron chi connectivity index (χ2n) is 1.69. The van der Waals surface area contributed by atoms with Gasteiger partial charge in [0.05, 0.1) is 4.90 Å². The lowest BCUT2D eigenvalue weighted by Gasteiger charge is -1.85. The van der Waals surface area contributed by atoms with Crippen LogP contribution in [-0.2, 0) is 11.8 Å². The molecule has 0 amide bonds. The SMILES string of the molecule is N[P+](=S)Sc1ccccc1. The molecule has 0 saturated carbocycles. The molecule has 1 aromatic rings. The second kappa shape index (κ2) is 4.04. The van der Waals surface area contributed by atoms with Crippen LogP contribution < -0.4 is 5.50 Å². The Morgan fingerprint density at radius 1 is 1.30 bits per heavy atom. The summed E-state index contributed by atoms with van der Waals surface area (Å²) in [5.74, 6) is 0. The van der Waals surface area contributed by atoms with Crippen LogP contribution in [0, 0.1) is 0 Å². The summed E-state index contributed by atoms with van der Waals surface area (Å²) in [5, 5.41) is 0.